The Bertz CT molecular complexity index is 2100. The molecule has 8 heteroatoms. The molecule has 6 aromatic carbocycles. The van der Waals surface area contributed by atoms with Crippen molar-refractivity contribution in [3.05, 3.63) is 205 Å². The monoisotopic (exact) mass is 702 g/mol. The molecular weight excluding hydrogens is 665 g/mol. The summed E-state index contributed by atoms with van der Waals surface area (Å²) in [4.78, 5) is 16.8. The maximum atomic E-state index is 10.2. The fourth-order valence-corrected chi connectivity index (χ4v) is 7.00. The molecule has 0 N–H and O–H groups in total. The number of nitrogens with zero attached hydrogens (tertiary/aromatic N) is 8. The van der Waals surface area contributed by atoms with Crippen molar-refractivity contribution in [1.82, 2.24) is 9.80 Å². The molecule has 0 spiro atoms. The van der Waals surface area contributed by atoms with Gasteiger partial charge in [0.2, 0.25) is 5.82 Å². The van der Waals surface area contributed by atoms with Crippen LogP contribution in [0.3, 0.4) is 0 Å². The van der Waals surface area contributed by atoms with E-state index in [9.17, 15) is 5.26 Å². The average molecular weight is 703 g/mol. The van der Waals surface area contributed by atoms with Gasteiger partial charge in [-0.05, 0) is 84.9 Å². The van der Waals surface area contributed by atoms with E-state index in [-0.39, 0.29) is 0 Å². The summed E-state index contributed by atoms with van der Waals surface area (Å²) in [6, 6.07) is 60.6. The van der Waals surface area contributed by atoms with Gasteiger partial charge in [-0.1, -0.05) is 91.5 Å². The third-order valence-electron chi connectivity index (χ3n) is 9.63. The Labute approximate surface area is 317 Å². The fourth-order valence-electron chi connectivity index (χ4n) is 7.00. The van der Waals surface area contributed by atoms with Crippen molar-refractivity contribution in [2.75, 3.05) is 46.0 Å². The maximum absolute atomic E-state index is 10.2. The smallest absolute Gasteiger partial charge is 0.243 e. The molecule has 0 saturated carbocycles. The van der Waals surface area contributed by atoms with E-state index in [2.05, 4.69) is 137 Å². The van der Waals surface area contributed by atoms with Gasteiger partial charge in [-0.25, -0.2) is 0 Å². The van der Waals surface area contributed by atoms with Crippen molar-refractivity contribution in [2.45, 2.75) is 0 Å². The molecule has 54 heavy (non-hydrogen) atoms. The number of allylic oxidation sites excluding steroid dienone is 1. The Morgan fingerprint density at radius 1 is 0.500 bits per heavy atom. The molecule has 0 unspecified atom stereocenters. The van der Waals surface area contributed by atoms with Gasteiger partial charge < -0.3 is 34.2 Å². The van der Waals surface area contributed by atoms with Crippen LogP contribution in [0.5, 0.6) is 0 Å². The van der Waals surface area contributed by atoms with E-state index >= 15 is 0 Å². The molecular formula is C46H38N8. The molecule has 0 fully saturated rings. The Kier molecular flexibility index (Phi) is 9.64. The normalized spacial score (nSPS) is 13.6. The Balaban J connectivity index is 0.974. The predicted octanol–water partition coefficient (Wildman–Crippen LogP) is 10.6. The van der Waals surface area contributed by atoms with Gasteiger partial charge in [0.25, 0.3) is 0 Å². The van der Waals surface area contributed by atoms with E-state index in [0.29, 0.717) is 37.9 Å². The highest BCUT2D eigenvalue weighted by Gasteiger charge is 2.28. The number of rotatable bonds is 11. The molecule has 2 heterocycles. The molecule has 8 rings (SSSR count). The van der Waals surface area contributed by atoms with Gasteiger partial charge in [0.05, 0.1) is 19.8 Å². The van der Waals surface area contributed by atoms with Gasteiger partial charge in [0.15, 0.2) is 0 Å². The molecule has 2 aliphatic rings. The summed E-state index contributed by atoms with van der Waals surface area (Å²) < 4.78 is 0. The van der Waals surface area contributed by atoms with Gasteiger partial charge in [0, 0.05) is 57.9 Å². The molecule has 0 atom stereocenters. The van der Waals surface area contributed by atoms with Gasteiger partial charge in [0.1, 0.15) is 18.4 Å². The molecule has 6 aromatic rings. The zero-order chi connectivity index (χ0) is 36.7. The third-order valence-corrected chi connectivity index (χ3v) is 9.63. The summed E-state index contributed by atoms with van der Waals surface area (Å²) in [6.45, 7) is 10.3. The zero-order valence-corrected chi connectivity index (χ0v) is 29.7. The summed E-state index contributed by atoms with van der Waals surface area (Å²) in [5.74, 6) is 0.580. The molecule has 0 amide bonds. The molecule has 0 aliphatic carbocycles. The van der Waals surface area contributed by atoms with Crippen LogP contribution in [-0.4, -0.2) is 36.2 Å². The Morgan fingerprint density at radius 3 is 1.31 bits per heavy atom. The van der Waals surface area contributed by atoms with Gasteiger partial charge in [-0.15, -0.1) is 0 Å². The third kappa shape index (κ3) is 7.05. The highest BCUT2D eigenvalue weighted by Crippen LogP contribution is 2.38. The number of para-hydroxylation sites is 4. The molecule has 8 nitrogen and oxygen atoms in total. The number of nitriles is 1. The van der Waals surface area contributed by atoms with E-state index in [4.69, 9.17) is 6.57 Å². The van der Waals surface area contributed by atoms with E-state index < -0.39 is 0 Å². The summed E-state index contributed by atoms with van der Waals surface area (Å²) >= 11 is 0. The Morgan fingerprint density at radius 2 is 0.889 bits per heavy atom. The summed E-state index contributed by atoms with van der Waals surface area (Å²) in [5, 5.41) is 10.2. The number of hydrogen-bond donors (Lipinski definition) is 0. The lowest BCUT2D eigenvalue weighted by Crippen LogP contribution is -2.36. The minimum Gasteiger partial charge on any atom is -0.363 e. The fraction of sp³-hybridized carbons (Fsp3) is 0.0870. The lowest BCUT2D eigenvalue weighted by molar-refractivity contribution is 0.304. The van der Waals surface area contributed by atoms with Crippen LogP contribution in [0.25, 0.3) is 4.85 Å². The number of hydrogen-bond acceptors (Lipinski definition) is 7. The minimum atomic E-state index is 0.536. The number of anilines is 8. The van der Waals surface area contributed by atoms with E-state index in [1.165, 1.54) is 0 Å². The summed E-state index contributed by atoms with van der Waals surface area (Å²) in [7, 11) is 0. The first kappa shape index (κ1) is 33.7. The molecule has 2 aliphatic heterocycles. The molecule has 0 bridgehead atoms. The highest BCUT2D eigenvalue weighted by molar-refractivity contribution is 5.80. The van der Waals surface area contributed by atoms with Gasteiger partial charge >= 0.3 is 0 Å². The standard InChI is InChI=1S/C46H38N8/c1-48-46-34-52(42-25-15-27-44(31-42)54(39-20-10-4-11-21-39)40-22-12-5-13-23-40)36-50(46)29-28-49-35-51(33-45(49)32-47)41-24-14-26-43(30-41)53(37-16-6-2-7-17-37)38-18-8-3-9-19-38/h2-27,30-31,33-34H,28-29,35-36H2. The van der Waals surface area contributed by atoms with E-state index in [1.54, 1.807) is 0 Å². The van der Waals surface area contributed by atoms with Crippen molar-refractivity contribution in [3.63, 3.8) is 0 Å². The first-order valence-corrected chi connectivity index (χ1v) is 17.9. The second-order valence-electron chi connectivity index (χ2n) is 13.0. The van der Waals surface area contributed by atoms with Crippen LogP contribution in [0, 0.1) is 17.9 Å². The van der Waals surface area contributed by atoms with Crippen LogP contribution in [0.15, 0.2) is 194 Å². The van der Waals surface area contributed by atoms with Gasteiger partial charge in [-0.3, -0.25) is 0 Å². The van der Waals surface area contributed by atoms with E-state index in [1.807, 2.05) is 85.2 Å². The average Bonchev–Trinajstić information content (AvgIpc) is 3.86. The second kappa shape index (κ2) is 15.4. The van der Waals surface area contributed by atoms with Crippen LogP contribution < -0.4 is 19.6 Å². The van der Waals surface area contributed by atoms with Crippen molar-refractivity contribution >= 4 is 45.5 Å². The summed E-state index contributed by atoms with van der Waals surface area (Å²) in [6.07, 6.45) is 3.85. The van der Waals surface area contributed by atoms with Crippen molar-refractivity contribution < 1.29 is 0 Å². The quantitative estimate of drug-likeness (QED) is 0.125. The molecule has 0 radical (unpaired) electrons. The topological polar surface area (TPSA) is 47.6 Å². The van der Waals surface area contributed by atoms with Gasteiger partial charge in [-0.2, -0.15) is 5.26 Å². The minimum absolute atomic E-state index is 0.536. The lowest BCUT2D eigenvalue weighted by Gasteiger charge is -2.28. The Hall–Kier alpha value is -7.42. The van der Waals surface area contributed by atoms with Crippen molar-refractivity contribution in [1.29, 1.82) is 5.26 Å². The number of benzene rings is 6. The van der Waals surface area contributed by atoms with Crippen LogP contribution in [-0.2, 0) is 0 Å². The van der Waals surface area contributed by atoms with Crippen LogP contribution in [0.1, 0.15) is 0 Å². The highest BCUT2D eigenvalue weighted by atomic mass is 15.4. The second-order valence-corrected chi connectivity index (χ2v) is 13.0. The molecule has 0 saturated heterocycles. The SMILES string of the molecule is [C-]#[N+]C1=CN(c2cccc(N(c3ccccc3)c3ccccc3)c2)CN1CCN1CN(c2cccc(N(c3ccccc3)c3ccccc3)c2)C=C1C#N. The zero-order valence-electron chi connectivity index (χ0n) is 29.7. The first-order chi connectivity index (χ1) is 26.7. The summed E-state index contributed by atoms with van der Waals surface area (Å²) in [5.41, 5.74) is 8.92. The van der Waals surface area contributed by atoms with Crippen LogP contribution in [0.2, 0.25) is 0 Å². The van der Waals surface area contributed by atoms with Crippen molar-refractivity contribution in [3.8, 4) is 6.07 Å². The first-order valence-electron chi connectivity index (χ1n) is 17.9. The largest absolute Gasteiger partial charge is 0.363 e. The van der Waals surface area contributed by atoms with E-state index in [0.717, 1.165) is 45.5 Å². The van der Waals surface area contributed by atoms with Crippen molar-refractivity contribution in [2.24, 2.45) is 0 Å². The molecule has 262 valence electrons. The molecule has 0 aromatic heterocycles. The van der Waals surface area contributed by atoms with Crippen LogP contribution >= 0.6 is 0 Å². The predicted molar refractivity (Wildman–Crippen MR) is 219 cm³/mol. The maximum Gasteiger partial charge on any atom is 0.243 e. The lowest BCUT2D eigenvalue weighted by atomic mass is 10.1. The van der Waals surface area contributed by atoms with Crippen LogP contribution in [0.4, 0.5) is 45.5 Å².